The van der Waals surface area contributed by atoms with Gasteiger partial charge in [0.25, 0.3) is 0 Å². The summed E-state index contributed by atoms with van der Waals surface area (Å²) >= 11 is 0. The minimum atomic E-state index is -4.59. The van der Waals surface area contributed by atoms with Gasteiger partial charge in [0.1, 0.15) is 5.82 Å². The molecule has 0 spiro atoms. The first-order valence-electron chi connectivity index (χ1n) is 6.05. The lowest BCUT2D eigenvalue weighted by molar-refractivity contribution is -0.138. The molecule has 6 heteroatoms. The Labute approximate surface area is 110 Å². The van der Waals surface area contributed by atoms with Crippen LogP contribution < -0.4 is 11.1 Å². The molecule has 1 unspecified atom stereocenters. The molecule has 0 heterocycles. The fourth-order valence-corrected chi connectivity index (χ4v) is 1.78. The molecule has 1 atom stereocenters. The Morgan fingerprint density at radius 3 is 2.37 bits per heavy atom. The molecule has 0 aliphatic heterocycles. The molecule has 0 radical (unpaired) electrons. The maximum Gasteiger partial charge on any atom is 0.416 e. The first-order valence-corrected chi connectivity index (χ1v) is 6.05. The van der Waals surface area contributed by atoms with E-state index in [1.807, 2.05) is 13.8 Å². The molecule has 0 amide bonds. The van der Waals surface area contributed by atoms with E-state index >= 15 is 0 Å². The normalized spacial score (nSPS) is 13.9. The molecule has 0 bridgehead atoms. The highest BCUT2D eigenvalue weighted by molar-refractivity contribution is 5.33. The molecule has 0 aliphatic rings. The van der Waals surface area contributed by atoms with E-state index in [-0.39, 0.29) is 18.0 Å². The maximum absolute atomic E-state index is 13.0. The average molecular weight is 278 g/mol. The lowest BCUT2D eigenvalue weighted by atomic mass is 9.99. The summed E-state index contributed by atoms with van der Waals surface area (Å²) in [5, 5.41) is 2.97. The molecule has 0 saturated heterocycles. The third kappa shape index (κ3) is 4.47. The van der Waals surface area contributed by atoms with Gasteiger partial charge in [0.05, 0.1) is 5.56 Å². The molecule has 0 aliphatic carbocycles. The summed E-state index contributed by atoms with van der Waals surface area (Å²) in [5.41, 5.74) is 4.53. The molecule has 1 aromatic carbocycles. The summed E-state index contributed by atoms with van der Waals surface area (Å²) in [7, 11) is 0. The lowest BCUT2D eigenvalue weighted by Crippen LogP contribution is -2.32. The monoisotopic (exact) mass is 278 g/mol. The van der Waals surface area contributed by atoms with Crippen LogP contribution >= 0.6 is 0 Å². The first kappa shape index (κ1) is 15.9. The molecule has 19 heavy (non-hydrogen) atoms. The number of halogens is 4. The van der Waals surface area contributed by atoms with Crippen LogP contribution in [0, 0.1) is 11.7 Å². The van der Waals surface area contributed by atoms with E-state index in [2.05, 4.69) is 5.32 Å². The zero-order valence-corrected chi connectivity index (χ0v) is 10.9. The van der Waals surface area contributed by atoms with Crippen LogP contribution in [0.4, 0.5) is 17.6 Å². The fourth-order valence-electron chi connectivity index (χ4n) is 1.78. The summed E-state index contributed by atoms with van der Waals surface area (Å²) in [6.45, 7) is 4.43. The number of nitrogens with one attached hydrogen (secondary N) is 1. The Kier molecular flexibility index (Phi) is 5.31. The average Bonchev–Trinajstić information content (AvgIpc) is 2.29. The standard InChI is InChI=1S/C13H18F4N2/c1-8(2)7-19-12(6-18)10-4-3-9(14)5-11(10)13(15,16)17/h3-5,8,12,19H,6-7,18H2,1-2H3. The van der Waals surface area contributed by atoms with Crippen molar-refractivity contribution in [2.45, 2.75) is 26.1 Å². The molecule has 0 aromatic heterocycles. The summed E-state index contributed by atoms with van der Waals surface area (Å²) in [6.07, 6.45) is -4.59. The second kappa shape index (κ2) is 6.34. The molecule has 108 valence electrons. The van der Waals surface area contributed by atoms with Crippen LogP contribution in [0.5, 0.6) is 0 Å². The highest BCUT2D eigenvalue weighted by atomic mass is 19.4. The molecule has 2 nitrogen and oxygen atoms in total. The number of rotatable bonds is 5. The highest BCUT2D eigenvalue weighted by Gasteiger charge is 2.35. The Bertz CT molecular complexity index is 416. The number of nitrogens with two attached hydrogens (primary N) is 1. The van der Waals surface area contributed by atoms with E-state index in [1.165, 1.54) is 0 Å². The molecule has 0 fully saturated rings. The van der Waals surface area contributed by atoms with Gasteiger partial charge in [-0.1, -0.05) is 19.9 Å². The largest absolute Gasteiger partial charge is 0.416 e. The Morgan fingerprint density at radius 1 is 1.26 bits per heavy atom. The van der Waals surface area contributed by atoms with Crippen LogP contribution in [0.25, 0.3) is 0 Å². The van der Waals surface area contributed by atoms with Crippen molar-refractivity contribution in [2.75, 3.05) is 13.1 Å². The van der Waals surface area contributed by atoms with Gasteiger partial charge in [-0.3, -0.25) is 0 Å². The summed E-state index contributed by atoms with van der Waals surface area (Å²) < 4.78 is 51.7. The highest BCUT2D eigenvalue weighted by Crippen LogP contribution is 2.35. The van der Waals surface area contributed by atoms with Gasteiger partial charge in [-0.25, -0.2) is 4.39 Å². The van der Waals surface area contributed by atoms with E-state index < -0.39 is 23.6 Å². The fraction of sp³-hybridized carbons (Fsp3) is 0.538. The van der Waals surface area contributed by atoms with Crippen molar-refractivity contribution in [3.8, 4) is 0 Å². The van der Waals surface area contributed by atoms with Gasteiger partial charge in [-0.05, 0) is 30.2 Å². The second-order valence-corrected chi connectivity index (χ2v) is 4.82. The zero-order chi connectivity index (χ0) is 14.6. The molecule has 3 N–H and O–H groups in total. The SMILES string of the molecule is CC(C)CNC(CN)c1ccc(F)cc1C(F)(F)F. The van der Waals surface area contributed by atoms with Crippen molar-refractivity contribution < 1.29 is 17.6 Å². The topological polar surface area (TPSA) is 38.0 Å². The van der Waals surface area contributed by atoms with Crippen molar-refractivity contribution in [3.05, 3.63) is 35.1 Å². The van der Waals surface area contributed by atoms with Crippen LogP contribution in [-0.4, -0.2) is 13.1 Å². The van der Waals surface area contributed by atoms with E-state index in [9.17, 15) is 17.6 Å². The van der Waals surface area contributed by atoms with Gasteiger partial charge in [0.15, 0.2) is 0 Å². The van der Waals surface area contributed by atoms with Gasteiger partial charge in [0, 0.05) is 12.6 Å². The Morgan fingerprint density at radius 2 is 1.89 bits per heavy atom. The van der Waals surface area contributed by atoms with Gasteiger partial charge >= 0.3 is 6.18 Å². The predicted molar refractivity (Wildman–Crippen MR) is 66.0 cm³/mol. The smallest absolute Gasteiger partial charge is 0.329 e. The number of benzene rings is 1. The van der Waals surface area contributed by atoms with Crippen LogP contribution in [0.1, 0.15) is 31.0 Å². The van der Waals surface area contributed by atoms with E-state index in [1.54, 1.807) is 0 Å². The van der Waals surface area contributed by atoms with Gasteiger partial charge < -0.3 is 11.1 Å². The molecular formula is C13H18F4N2. The van der Waals surface area contributed by atoms with E-state index in [4.69, 9.17) is 5.73 Å². The van der Waals surface area contributed by atoms with Crippen molar-refractivity contribution in [1.29, 1.82) is 0 Å². The van der Waals surface area contributed by atoms with Crippen LogP contribution in [-0.2, 0) is 6.18 Å². The number of hydrogen-bond acceptors (Lipinski definition) is 2. The number of alkyl halides is 3. The van der Waals surface area contributed by atoms with E-state index in [0.717, 1.165) is 12.1 Å². The number of hydrogen-bond donors (Lipinski definition) is 2. The summed E-state index contributed by atoms with van der Waals surface area (Å²) in [5.74, 6) is -0.625. The van der Waals surface area contributed by atoms with Crippen molar-refractivity contribution in [3.63, 3.8) is 0 Å². The van der Waals surface area contributed by atoms with E-state index in [0.29, 0.717) is 12.6 Å². The minimum Gasteiger partial charge on any atom is -0.329 e. The molecule has 1 rings (SSSR count). The molecule has 1 aromatic rings. The van der Waals surface area contributed by atoms with Crippen molar-refractivity contribution >= 4 is 0 Å². The van der Waals surface area contributed by atoms with Crippen LogP contribution in [0.3, 0.4) is 0 Å². The zero-order valence-electron chi connectivity index (χ0n) is 10.9. The predicted octanol–water partition coefficient (Wildman–Crippen LogP) is 3.09. The lowest BCUT2D eigenvalue weighted by Gasteiger charge is -2.22. The van der Waals surface area contributed by atoms with Crippen LogP contribution in [0.15, 0.2) is 18.2 Å². The van der Waals surface area contributed by atoms with Crippen LogP contribution in [0.2, 0.25) is 0 Å². The Balaban J connectivity index is 3.09. The second-order valence-electron chi connectivity index (χ2n) is 4.82. The quantitative estimate of drug-likeness (QED) is 0.812. The summed E-state index contributed by atoms with van der Waals surface area (Å²) in [4.78, 5) is 0. The maximum atomic E-state index is 13.0. The van der Waals surface area contributed by atoms with Gasteiger partial charge in [-0.2, -0.15) is 13.2 Å². The molecule has 0 saturated carbocycles. The Hall–Kier alpha value is -1.14. The van der Waals surface area contributed by atoms with Crippen molar-refractivity contribution in [2.24, 2.45) is 11.7 Å². The van der Waals surface area contributed by atoms with Gasteiger partial charge in [0.2, 0.25) is 0 Å². The summed E-state index contributed by atoms with van der Waals surface area (Å²) in [6, 6.07) is 2.03. The third-order valence-corrected chi connectivity index (χ3v) is 2.70. The van der Waals surface area contributed by atoms with Crippen molar-refractivity contribution in [1.82, 2.24) is 5.32 Å². The minimum absolute atomic E-state index is 0.0153. The first-order chi connectivity index (χ1) is 8.75. The third-order valence-electron chi connectivity index (χ3n) is 2.70. The van der Waals surface area contributed by atoms with Gasteiger partial charge in [-0.15, -0.1) is 0 Å². The molecular weight excluding hydrogens is 260 g/mol.